The molecule has 1 aliphatic rings. The number of anilines is 1. The van der Waals surface area contributed by atoms with Crippen LogP contribution in [0, 0.1) is 5.41 Å². The molecule has 1 heteroatoms. The average Bonchev–Trinajstić information content (AvgIpc) is 2.59. The van der Waals surface area contributed by atoms with E-state index in [-0.39, 0.29) is 0 Å². The summed E-state index contributed by atoms with van der Waals surface area (Å²) in [5.74, 6) is 0. The van der Waals surface area contributed by atoms with E-state index < -0.39 is 0 Å². The van der Waals surface area contributed by atoms with Crippen molar-refractivity contribution in [3.05, 3.63) is 65.7 Å². The lowest BCUT2D eigenvalue weighted by atomic mass is 9.59. The monoisotopic (exact) mass is 307 g/mol. The van der Waals surface area contributed by atoms with Gasteiger partial charge in [-0.2, -0.15) is 0 Å². The van der Waals surface area contributed by atoms with E-state index >= 15 is 0 Å². The molecule has 0 bridgehead atoms. The fraction of sp³-hybridized carbons (Fsp3) is 0.455. The van der Waals surface area contributed by atoms with Crippen LogP contribution >= 0.6 is 0 Å². The summed E-state index contributed by atoms with van der Waals surface area (Å²) in [6.07, 6.45) is 7.63. The molecule has 1 saturated carbocycles. The second-order valence-electron chi connectivity index (χ2n) is 7.73. The summed E-state index contributed by atoms with van der Waals surface area (Å²) in [7, 11) is 0. The molecule has 0 unspecified atom stereocenters. The summed E-state index contributed by atoms with van der Waals surface area (Å²) in [6.45, 7) is 4.82. The standard InChI is InChI=1S/C22H29N/c1-3-22(19-7-5-4-6-8-19)15-13-21(2,14-16-22)17-18-9-11-20(23)12-10-18/h4-12H,3,13-17,23H2,1-2H3. The highest BCUT2D eigenvalue weighted by molar-refractivity contribution is 5.39. The Morgan fingerprint density at radius 2 is 1.48 bits per heavy atom. The van der Waals surface area contributed by atoms with Crippen LogP contribution in [0.15, 0.2) is 54.6 Å². The Labute approximate surface area is 140 Å². The predicted molar refractivity (Wildman–Crippen MR) is 99.5 cm³/mol. The van der Waals surface area contributed by atoms with Crippen molar-refractivity contribution < 1.29 is 0 Å². The second-order valence-corrected chi connectivity index (χ2v) is 7.73. The molecule has 0 spiro atoms. The topological polar surface area (TPSA) is 26.0 Å². The maximum absolute atomic E-state index is 5.81. The summed E-state index contributed by atoms with van der Waals surface area (Å²) in [5.41, 5.74) is 10.4. The fourth-order valence-corrected chi connectivity index (χ4v) is 4.28. The van der Waals surface area contributed by atoms with Crippen molar-refractivity contribution in [1.82, 2.24) is 0 Å². The zero-order chi connectivity index (χ0) is 16.3. The quantitative estimate of drug-likeness (QED) is 0.716. The number of nitrogen functional groups attached to an aromatic ring is 1. The van der Waals surface area contributed by atoms with Crippen molar-refractivity contribution in [3.63, 3.8) is 0 Å². The van der Waals surface area contributed by atoms with Gasteiger partial charge in [0.05, 0.1) is 0 Å². The Hall–Kier alpha value is -1.76. The lowest BCUT2D eigenvalue weighted by Gasteiger charge is -2.45. The minimum absolute atomic E-state index is 0.391. The van der Waals surface area contributed by atoms with E-state index in [0.717, 1.165) is 5.69 Å². The van der Waals surface area contributed by atoms with Crippen LogP contribution in [0.5, 0.6) is 0 Å². The van der Waals surface area contributed by atoms with Gasteiger partial charge in [0.1, 0.15) is 0 Å². The Morgan fingerprint density at radius 1 is 0.870 bits per heavy atom. The normalized spacial score (nSPS) is 27.7. The van der Waals surface area contributed by atoms with Gasteiger partial charge in [-0.1, -0.05) is 56.3 Å². The largest absolute Gasteiger partial charge is 0.399 e. The van der Waals surface area contributed by atoms with E-state index in [1.807, 2.05) is 12.1 Å². The summed E-state index contributed by atoms with van der Waals surface area (Å²) in [6, 6.07) is 19.6. The van der Waals surface area contributed by atoms with Crippen molar-refractivity contribution in [2.45, 2.75) is 57.8 Å². The third-order valence-corrected chi connectivity index (χ3v) is 6.09. The Kier molecular flexibility index (Phi) is 4.48. The van der Waals surface area contributed by atoms with Crippen LogP contribution in [-0.2, 0) is 11.8 Å². The van der Waals surface area contributed by atoms with Gasteiger partial charge in [0.15, 0.2) is 0 Å². The molecule has 1 nitrogen and oxygen atoms in total. The Bertz CT molecular complexity index is 619. The van der Waals surface area contributed by atoms with Crippen LogP contribution in [0.3, 0.4) is 0 Å². The number of nitrogens with two attached hydrogens (primary N) is 1. The molecule has 0 saturated heterocycles. The molecule has 1 fully saturated rings. The van der Waals surface area contributed by atoms with Crippen molar-refractivity contribution in [2.75, 3.05) is 5.73 Å². The lowest BCUT2D eigenvalue weighted by molar-refractivity contribution is 0.140. The SMILES string of the molecule is CCC1(c2ccccc2)CCC(C)(Cc2ccc(N)cc2)CC1. The minimum atomic E-state index is 0.391. The lowest BCUT2D eigenvalue weighted by Crippen LogP contribution is -2.36. The minimum Gasteiger partial charge on any atom is -0.399 e. The number of rotatable bonds is 4. The average molecular weight is 307 g/mol. The van der Waals surface area contributed by atoms with Crippen LogP contribution in [0.4, 0.5) is 5.69 Å². The molecule has 1 aliphatic carbocycles. The molecule has 0 aliphatic heterocycles. The Balaban J connectivity index is 1.72. The molecular weight excluding hydrogens is 278 g/mol. The van der Waals surface area contributed by atoms with Crippen LogP contribution in [0.2, 0.25) is 0 Å². The molecule has 0 heterocycles. The third kappa shape index (κ3) is 3.44. The van der Waals surface area contributed by atoms with Gasteiger partial charge in [0.2, 0.25) is 0 Å². The molecule has 23 heavy (non-hydrogen) atoms. The van der Waals surface area contributed by atoms with Crippen molar-refractivity contribution in [3.8, 4) is 0 Å². The van der Waals surface area contributed by atoms with Gasteiger partial charge in [-0.15, -0.1) is 0 Å². The van der Waals surface area contributed by atoms with Gasteiger partial charge >= 0.3 is 0 Å². The Morgan fingerprint density at radius 3 is 2.04 bits per heavy atom. The van der Waals surface area contributed by atoms with Gasteiger partial charge in [0.25, 0.3) is 0 Å². The van der Waals surface area contributed by atoms with E-state index in [4.69, 9.17) is 5.73 Å². The summed E-state index contributed by atoms with van der Waals surface area (Å²) in [5, 5.41) is 0. The predicted octanol–water partition coefficient (Wildman–Crippen LogP) is 5.74. The van der Waals surface area contributed by atoms with Gasteiger partial charge in [-0.05, 0) is 72.6 Å². The van der Waals surface area contributed by atoms with Gasteiger partial charge in [0, 0.05) is 5.69 Å². The summed E-state index contributed by atoms with van der Waals surface area (Å²) in [4.78, 5) is 0. The molecule has 2 aromatic carbocycles. The fourth-order valence-electron chi connectivity index (χ4n) is 4.28. The van der Waals surface area contributed by atoms with Crippen molar-refractivity contribution in [2.24, 2.45) is 5.41 Å². The maximum atomic E-state index is 5.81. The number of hydrogen-bond donors (Lipinski definition) is 1. The van der Waals surface area contributed by atoms with Crippen LogP contribution in [0.25, 0.3) is 0 Å². The molecule has 2 N–H and O–H groups in total. The molecule has 2 aromatic rings. The highest BCUT2D eigenvalue weighted by Gasteiger charge is 2.40. The molecule has 3 rings (SSSR count). The third-order valence-electron chi connectivity index (χ3n) is 6.09. The first-order chi connectivity index (χ1) is 11.1. The molecule has 122 valence electrons. The molecule has 0 radical (unpaired) electrons. The first-order valence-corrected chi connectivity index (χ1v) is 8.95. The zero-order valence-corrected chi connectivity index (χ0v) is 14.5. The highest BCUT2D eigenvalue weighted by atomic mass is 14.5. The van der Waals surface area contributed by atoms with Gasteiger partial charge in [-0.25, -0.2) is 0 Å². The molecular formula is C22H29N. The van der Waals surface area contributed by atoms with Gasteiger partial charge < -0.3 is 5.73 Å². The van der Waals surface area contributed by atoms with E-state index in [1.54, 1.807) is 0 Å². The van der Waals surface area contributed by atoms with Crippen molar-refractivity contribution >= 4 is 5.69 Å². The van der Waals surface area contributed by atoms with Crippen molar-refractivity contribution in [1.29, 1.82) is 0 Å². The number of benzene rings is 2. The van der Waals surface area contributed by atoms with Crippen LogP contribution < -0.4 is 5.73 Å². The second kappa shape index (κ2) is 6.39. The molecule has 0 aromatic heterocycles. The van der Waals surface area contributed by atoms with E-state index in [9.17, 15) is 0 Å². The van der Waals surface area contributed by atoms with Crippen LogP contribution in [-0.4, -0.2) is 0 Å². The maximum Gasteiger partial charge on any atom is 0.0314 e. The zero-order valence-electron chi connectivity index (χ0n) is 14.5. The summed E-state index contributed by atoms with van der Waals surface area (Å²) < 4.78 is 0. The van der Waals surface area contributed by atoms with E-state index in [2.05, 4.69) is 56.3 Å². The molecule has 0 amide bonds. The van der Waals surface area contributed by atoms with E-state index in [0.29, 0.717) is 10.8 Å². The van der Waals surface area contributed by atoms with Crippen LogP contribution in [0.1, 0.15) is 57.1 Å². The van der Waals surface area contributed by atoms with E-state index in [1.165, 1.54) is 49.7 Å². The van der Waals surface area contributed by atoms with Gasteiger partial charge in [-0.3, -0.25) is 0 Å². The number of hydrogen-bond acceptors (Lipinski definition) is 1. The first kappa shape index (κ1) is 16.1. The highest BCUT2D eigenvalue weighted by Crippen LogP contribution is 2.49. The smallest absolute Gasteiger partial charge is 0.0314 e. The molecule has 0 atom stereocenters. The summed E-state index contributed by atoms with van der Waals surface area (Å²) >= 11 is 0. The first-order valence-electron chi connectivity index (χ1n) is 8.95.